The van der Waals surface area contributed by atoms with Gasteiger partial charge in [-0.25, -0.2) is 4.79 Å². The monoisotopic (exact) mass is 523 g/mol. The number of allylic oxidation sites excluding steroid dienone is 1. The van der Waals surface area contributed by atoms with Crippen molar-refractivity contribution in [3.8, 4) is 5.75 Å². The van der Waals surface area contributed by atoms with Crippen LogP contribution in [0.1, 0.15) is 46.5 Å². The summed E-state index contributed by atoms with van der Waals surface area (Å²) < 4.78 is 42.9. The quantitative estimate of drug-likeness (QED) is 0.175. The molecule has 0 aliphatic carbocycles. The largest absolute Gasteiger partial charge is 0.476 e. The molecular weight excluding hydrogens is 489 g/mol. The Labute approximate surface area is 212 Å². The van der Waals surface area contributed by atoms with Gasteiger partial charge in [0.05, 0.1) is 15.5 Å². The molecule has 35 heavy (non-hydrogen) atoms. The molecule has 0 fully saturated rings. The highest BCUT2D eigenvalue weighted by molar-refractivity contribution is 8.24. The fraction of sp³-hybridized carbons (Fsp3) is 0.423. The molecule has 0 spiro atoms. The van der Waals surface area contributed by atoms with Crippen LogP contribution in [0.5, 0.6) is 5.75 Å². The van der Waals surface area contributed by atoms with Gasteiger partial charge in [-0.1, -0.05) is 51.8 Å². The third-order valence-corrected chi connectivity index (χ3v) is 9.06. The second-order valence-electron chi connectivity index (χ2n) is 9.12. The minimum absolute atomic E-state index is 0.0323. The maximum atomic E-state index is 14.2. The smallest absolute Gasteiger partial charge is 0.368 e. The van der Waals surface area contributed by atoms with E-state index in [9.17, 15) is 18.3 Å². The van der Waals surface area contributed by atoms with E-state index >= 15 is 0 Å². The average molecular weight is 524 g/mol. The molecule has 1 aliphatic rings. The fourth-order valence-corrected chi connectivity index (χ4v) is 7.13. The number of thioether (sulfide) groups is 1. The molecule has 3 rings (SSSR count). The highest BCUT2D eigenvalue weighted by Gasteiger charge is 2.40. The molecule has 9 heteroatoms. The van der Waals surface area contributed by atoms with Crippen molar-refractivity contribution in [1.29, 1.82) is 0 Å². The lowest BCUT2D eigenvalue weighted by Crippen LogP contribution is -2.35. The first-order chi connectivity index (χ1) is 16.5. The van der Waals surface area contributed by atoms with Gasteiger partial charge in [0, 0.05) is 35.9 Å². The summed E-state index contributed by atoms with van der Waals surface area (Å²) in [6.07, 6.45) is 4.67. The van der Waals surface area contributed by atoms with Crippen molar-refractivity contribution in [2.24, 2.45) is 5.41 Å². The lowest BCUT2D eigenvalue weighted by Gasteiger charge is -2.39. The predicted octanol–water partition coefficient (Wildman–Crippen LogP) is 7.92. The summed E-state index contributed by atoms with van der Waals surface area (Å²) >= 11 is 1.36. The second kappa shape index (κ2) is 11.2. The molecule has 0 bridgehead atoms. The minimum atomic E-state index is -3.24. The van der Waals surface area contributed by atoms with Gasteiger partial charge in [-0.2, -0.15) is 15.0 Å². The second-order valence-corrected chi connectivity index (χ2v) is 12.0. The van der Waals surface area contributed by atoms with E-state index in [-0.39, 0.29) is 29.1 Å². The number of carboxylic acids is 1. The van der Waals surface area contributed by atoms with Gasteiger partial charge in [0.1, 0.15) is 11.5 Å². The van der Waals surface area contributed by atoms with Crippen LogP contribution in [0.4, 0.5) is 15.8 Å². The Hall–Kier alpha value is -2.20. The standard InChI is InChI=1S/C26H34FNO5S2/c1-5-7-13-26(3)16-28(18-11-9-8-10-12-18)19-14-22(34-4)21(15-23(19)35(31,32)17-26)33-20(6-2)24(27)25(29)30/h8-12,14-15,31-32H,5-7,13,16-17H2,1-4H3,(H,29,30)/b24-20-. The molecule has 1 heterocycles. The Morgan fingerprint density at radius 1 is 1.23 bits per heavy atom. The molecule has 1 unspecified atom stereocenters. The summed E-state index contributed by atoms with van der Waals surface area (Å²) in [4.78, 5) is 14.3. The van der Waals surface area contributed by atoms with E-state index in [1.54, 1.807) is 13.0 Å². The highest BCUT2D eigenvalue weighted by atomic mass is 32.3. The van der Waals surface area contributed by atoms with E-state index < -0.39 is 22.4 Å². The lowest BCUT2D eigenvalue weighted by atomic mass is 9.86. The van der Waals surface area contributed by atoms with Crippen LogP contribution >= 0.6 is 22.4 Å². The zero-order chi connectivity index (χ0) is 25.8. The van der Waals surface area contributed by atoms with Gasteiger partial charge < -0.3 is 14.7 Å². The molecule has 6 nitrogen and oxygen atoms in total. The normalized spacial score (nSPS) is 20.9. The lowest BCUT2D eigenvalue weighted by molar-refractivity contribution is -0.134. The number of fused-ring (bicyclic) bond motifs is 1. The molecule has 192 valence electrons. The number of unbranched alkanes of at least 4 members (excludes halogenated alkanes) is 1. The van der Waals surface area contributed by atoms with E-state index in [1.165, 1.54) is 11.8 Å². The summed E-state index contributed by atoms with van der Waals surface area (Å²) in [6.45, 7) is 6.41. The molecule has 2 aromatic carbocycles. The summed E-state index contributed by atoms with van der Waals surface area (Å²) in [5, 5.41) is 9.09. The zero-order valence-corrected chi connectivity index (χ0v) is 22.2. The van der Waals surface area contributed by atoms with E-state index in [4.69, 9.17) is 9.84 Å². The van der Waals surface area contributed by atoms with Crippen molar-refractivity contribution in [2.45, 2.75) is 56.2 Å². The number of aliphatic carboxylic acids is 1. The molecule has 1 atom stereocenters. The SMILES string of the molecule is CCCCC1(C)CN(c2ccccc2)c2cc(SC)c(O/C(CC)=C(\F)C(=O)O)cc2S(O)(O)C1. The highest BCUT2D eigenvalue weighted by Crippen LogP contribution is 2.61. The number of rotatable bonds is 9. The first-order valence-electron chi connectivity index (χ1n) is 11.7. The van der Waals surface area contributed by atoms with Crippen molar-refractivity contribution < 1.29 is 28.1 Å². The van der Waals surface area contributed by atoms with E-state index in [1.807, 2.05) is 42.7 Å². The van der Waals surface area contributed by atoms with Gasteiger partial charge in [-0.15, -0.1) is 11.8 Å². The molecule has 3 N–H and O–H groups in total. The first kappa shape index (κ1) is 27.4. The summed E-state index contributed by atoms with van der Waals surface area (Å²) in [6, 6.07) is 13.2. The molecular formula is C26H34FNO5S2. The zero-order valence-electron chi connectivity index (χ0n) is 20.6. The van der Waals surface area contributed by atoms with Crippen molar-refractivity contribution >= 4 is 39.7 Å². The number of carbonyl (C=O) groups is 1. The molecule has 1 aliphatic heterocycles. The van der Waals surface area contributed by atoms with Crippen LogP contribution in [-0.2, 0) is 4.79 Å². The van der Waals surface area contributed by atoms with Crippen LogP contribution in [0, 0.1) is 5.41 Å². The number of benzene rings is 2. The topological polar surface area (TPSA) is 90.2 Å². The summed E-state index contributed by atoms with van der Waals surface area (Å²) in [7, 11) is -3.24. The molecule has 2 aromatic rings. The van der Waals surface area contributed by atoms with Gasteiger partial charge in [0.15, 0.2) is 0 Å². The number of hydrogen-bond acceptors (Lipinski definition) is 6. The third kappa shape index (κ3) is 6.14. The number of ether oxygens (including phenoxy) is 1. The first-order valence-corrected chi connectivity index (χ1v) is 14.6. The number of anilines is 2. The molecule has 0 saturated heterocycles. The Bertz CT molecular complexity index is 1090. The van der Waals surface area contributed by atoms with Crippen LogP contribution < -0.4 is 9.64 Å². The van der Waals surface area contributed by atoms with Crippen molar-refractivity contribution in [3.63, 3.8) is 0 Å². The van der Waals surface area contributed by atoms with Gasteiger partial charge in [-0.05, 0) is 30.9 Å². The van der Waals surface area contributed by atoms with Crippen LogP contribution in [0.25, 0.3) is 0 Å². The third-order valence-electron chi connectivity index (χ3n) is 6.17. The number of carboxylic acid groups (broad SMARTS) is 1. The number of halogens is 1. The van der Waals surface area contributed by atoms with Crippen LogP contribution in [0.2, 0.25) is 0 Å². The number of hydrogen-bond donors (Lipinski definition) is 3. The Morgan fingerprint density at radius 2 is 1.91 bits per heavy atom. The van der Waals surface area contributed by atoms with Crippen LogP contribution in [0.15, 0.2) is 63.8 Å². The van der Waals surface area contributed by atoms with E-state index in [0.29, 0.717) is 22.0 Å². The molecule has 0 aromatic heterocycles. The minimum Gasteiger partial charge on any atom is -0.476 e. The van der Waals surface area contributed by atoms with E-state index in [2.05, 4.69) is 18.7 Å². The fourth-order valence-electron chi connectivity index (χ4n) is 4.44. The maximum Gasteiger partial charge on any atom is 0.368 e. The van der Waals surface area contributed by atoms with Gasteiger partial charge in [-0.3, -0.25) is 9.11 Å². The number of nitrogens with zero attached hydrogens (tertiary/aromatic N) is 1. The van der Waals surface area contributed by atoms with Crippen molar-refractivity contribution in [2.75, 3.05) is 23.5 Å². The Morgan fingerprint density at radius 3 is 2.49 bits per heavy atom. The van der Waals surface area contributed by atoms with Crippen molar-refractivity contribution in [3.05, 3.63) is 54.1 Å². The molecule has 0 radical (unpaired) electrons. The Balaban J connectivity index is 2.22. The molecule has 0 saturated carbocycles. The van der Waals surface area contributed by atoms with Crippen LogP contribution in [-0.4, -0.2) is 38.7 Å². The van der Waals surface area contributed by atoms with Gasteiger partial charge in [0.2, 0.25) is 5.83 Å². The number of para-hydroxylation sites is 1. The Kier molecular flexibility index (Phi) is 8.80. The average Bonchev–Trinajstić information content (AvgIpc) is 2.92. The summed E-state index contributed by atoms with van der Waals surface area (Å²) in [5.41, 5.74) is 1.22. The van der Waals surface area contributed by atoms with Crippen LogP contribution in [0.3, 0.4) is 0 Å². The predicted molar refractivity (Wildman–Crippen MR) is 142 cm³/mol. The van der Waals surface area contributed by atoms with Crippen molar-refractivity contribution in [1.82, 2.24) is 0 Å². The summed E-state index contributed by atoms with van der Waals surface area (Å²) in [5.74, 6) is -2.98. The van der Waals surface area contributed by atoms with Gasteiger partial charge in [0.25, 0.3) is 0 Å². The van der Waals surface area contributed by atoms with E-state index in [0.717, 1.165) is 24.9 Å². The van der Waals surface area contributed by atoms with Gasteiger partial charge >= 0.3 is 5.97 Å². The maximum absolute atomic E-state index is 14.2. The molecule has 0 amide bonds.